The zero-order chi connectivity index (χ0) is 35.4. The molecular formula is C38H46N4O6S. The van der Waals surface area contributed by atoms with Crippen molar-refractivity contribution in [1.29, 1.82) is 0 Å². The molecule has 0 spiro atoms. The molecule has 4 rings (SSSR count). The highest BCUT2D eigenvalue weighted by Crippen LogP contribution is 2.30. The zero-order valence-corrected chi connectivity index (χ0v) is 29.0. The second kappa shape index (κ2) is 17.6. The van der Waals surface area contributed by atoms with Gasteiger partial charge in [0.15, 0.2) is 0 Å². The monoisotopic (exact) mass is 686 g/mol. The van der Waals surface area contributed by atoms with Gasteiger partial charge < -0.3 is 26.2 Å². The van der Waals surface area contributed by atoms with Gasteiger partial charge in [-0.15, -0.1) is 0 Å². The number of carbonyl (C=O) groups excluding carboxylic acids is 2. The number of aliphatic hydroxyl groups is 1. The molecule has 0 aliphatic heterocycles. The Hall–Kier alpha value is -4.71. The first-order valence-corrected chi connectivity index (χ1v) is 17.8. The summed E-state index contributed by atoms with van der Waals surface area (Å²) in [6, 6.07) is 30.4. The van der Waals surface area contributed by atoms with Gasteiger partial charge in [-0.1, -0.05) is 92.7 Å². The second-order valence-electron chi connectivity index (χ2n) is 12.3. The van der Waals surface area contributed by atoms with E-state index < -0.39 is 40.0 Å². The minimum Gasteiger partial charge on any atom is -0.453 e. The number of carbonyl (C=O) groups is 2. The van der Waals surface area contributed by atoms with E-state index in [2.05, 4.69) is 10.6 Å². The molecule has 49 heavy (non-hydrogen) atoms. The van der Waals surface area contributed by atoms with Crippen LogP contribution < -0.4 is 16.4 Å². The quantitative estimate of drug-likeness (QED) is 0.109. The van der Waals surface area contributed by atoms with Crippen LogP contribution >= 0.6 is 0 Å². The van der Waals surface area contributed by atoms with E-state index in [0.717, 1.165) is 16.7 Å². The highest BCUT2D eigenvalue weighted by Gasteiger charge is 2.34. The SMILES string of the molecule is COC(=O)NC(C(=O)Nc1ccccc1CCC(CO)N(CCC(C)C)S(=O)(=O)c1ccc(N)cc1)C(c1ccccc1)c1ccccc1. The number of methoxy groups -OCH3 is 1. The number of aryl methyl sites for hydroxylation is 1. The Kier molecular flexibility index (Phi) is 13.3. The Morgan fingerprint density at radius 2 is 1.41 bits per heavy atom. The lowest BCUT2D eigenvalue weighted by atomic mass is 9.84. The summed E-state index contributed by atoms with van der Waals surface area (Å²) in [4.78, 5) is 26.8. The van der Waals surface area contributed by atoms with Gasteiger partial charge in [0.25, 0.3) is 0 Å². The van der Waals surface area contributed by atoms with Crippen molar-refractivity contribution >= 4 is 33.4 Å². The topological polar surface area (TPSA) is 151 Å². The van der Waals surface area contributed by atoms with Crippen LogP contribution in [0.4, 0.5) is 16.2 Å². The molecule has 0 saturated carbocycles. The maximum absolute atomic E-state index is 14.2. The van der Waals surface area contributed by atoms with Crippen LogP contribution in [0, 0.1) is 5.92 Å². The van der Waals surface area contributed by atoms with Crippen molar-refractivity contribution < 1.29 is 27.9 Å². The molecule has 10 nitrogen and oxygen atoms in total. The number of para-hydroxylation sites is 1. The van der Waals surface area contributed by atoms with Gasteiger partial charge in [-0.2, -0.15) is 4.31 Å². The molecule has 2 unspecified atom stereocenters. The Bertz CT molecular complexity index is 1710. The predicted octanol–water partition coefficient (Wildman–Crippen LogP) is 5.79. The summed E-state index contributed by atoms with van der Waals surface area (Å²) in [7, 11) is -2.70. The Labute approximate surface area is 289 Å². The Morgan fingerprint density at radius 3 is 1.96 bits per heavy atom. The molecule has 11 heteroatoms. The molecule has 5 N–H and O–H groups in total. The highest BCUT2D eigenvalue weighted by atomic mass is 32.2. The average Bonchev–Trinajstić information content (AvgIpc) is 3.10. The fraction of sp³-hybridized carbons (Fsp3) is 0.316. The number of anilines is 2. The lowest BCUT2D eigenvalue weighted by Crippen LogP contribution is -2.48. The first kappa shape index (κ1) is 37.1. The van der Waals surface area contributed by atoms with Crippen LogP contribution in [-0.4, -0.2) is 62.2 Å². The van der Waals surface area contributed by atoms with Crippen molar-refractivity contribution in [1.82, 2.24) is 9.62 Å². The summed E-state index contributed by atoms with van der Waals surface area (Å²) >= 11 is 0. The van der Waals surface area contributed by atoms with Crippen molar-refractivity contribution in [3.8, 4) is 0 Å². The van der Waals surface area contributed by atoms with E-state index in [1.54, 1.807) is 24.3 Å². The molecule has 0 aromatic heterocycles. The van der Waals surface area contributed by atoms with E-state index in [-0.39, 0.29) is 30.4 Å². The largest absolute Gasteiger partial charge is 0.453 e. The third-order valence-electron chi connectivity index (χ3n) is 8.45. The van der Waals surface area contributed by atoms with Gasteiger partial charge in [-0.3, -0.25) is 4.79 Å². The lowest BCUT2D eigenvalue weighted by molar-refractivity contribution is -0.118. The zero-order valence-electron chi connectivity index (χ0n) is 28.2. The van der Waals surface area contributed by atoms with Gasteiger partial charge in [0.2, 0.25) is 15.9 Å². The lowest BCUT2D eigenvalue weighted by Gasteiger charge is -2.31. The van der Waals surface area contributed by atoms with Gasteiger partial charge in [-0.05, 0) is 72.2 Å². The van der Waals surface area contributed by atoms with Crippen LogP contribution in [0.1, 0.15) is 49.3 Å². The molecule has 0 heterocycles. The summed E-state index contributed by atoms with van der Waals surface area (Å²) in [6.45, 7) is 3.88. The maximum atomic E-state index is 14.2. The molecule has 0 aliphatic carbocycles. The minimum absolute atomic E-state index is 0.104. The molecule has 0 saturated heterocycles. The van der Waals surface area contributed by atoms with Gasteiger partial charge in [0.1, 0.15) is 6.04 Å². The Balaban J connectivity index is 1.62. The molecule has 2 atom stereocenters. The number of benzene rings is 4. The van der Waals surface area contributed by atoms with E-state index in [1.165, 1.54) is 23.5 Å². The number of sulfonamides is 1. The first-order chi connectivity index (χ1) is 23.5. The van der Waals surface area contributed by atoms with E-state index >= 15 is 0 Å². The van der Waals surface area contributed by atoms with Crippen LogP contribution in [0.15, 0.2) is 114 Å². The molecule has 0 radical (unpaired) electrons. The van der Waals surface area contributed by atoms with Crippen LogP contribution in [0.5, 0.6) is 0 Å². The third-order valence-corrected chi connectivity index (χ3v) is 10.4. The number of aliphatic hydroxyl groups excluding tert-OH is 1. The number of nitrogens with two attached hydrogens (primary N) is 1. The number of nitrogens with zero attached hydrogens (tertiary/aromatic N) is 1. The molecule has 0 aliphatic rings. The second-order valence-corrected chi connectivity index (χ2v) is 14.2. The van der Waals surface area contributed by atoms with Crippen LogP contribution in [0.25, 0.3) is 0 Å². The van der Waals surface area contributed by atoms with E-state index in [1.807, 2.05) is 86.6 Å². The van der Waals surface area contributed by atoms with Gasteiger partial charge >= 0.3 is 6.09 Å². The fourth-order valence-corrected chi connectivity index (χ4v) is 7.42. The standard InChI is InChI=1S/C38H46N4O6S/c1-27(2)24-25-42(49(46,47)33-22-19-31(39)20-23-33)32(26-43)21-18-28-12-10-11-17-34(28)40-37(44)36(41-38(45)48-3)35(29-13-6-4-7-14-29)30-15-8-5-9-16-30/h4-17,19-20,22-23,27,32,35-36,43H,18,21,24-26,39H2,1-3H3,(H,40,44)(H,41,45). The number of amides is 2. The number of rotatable bonds is 16. The smallest absolute Gasteiger partial charge is 0.407 e. The summed E-state index contributed by atoms with van der Waals surface area (Å²) in [5, 5.41) is 16.3. The van der Waals surface area contributed by atoms with Crippen molar-refractivity contribution in [2.24, 2.45) is 5.92 Å². The summed E-state index contributed by atoms with van der Waals surface area (Å²) in [5.41, 5.74) is 9.17. The molecule has 4 aromatic carbocycles. The van der Waals surface area contributed by atoms with Crippen LogP contribution in [0.3, 0.4) is 0 Å². The maximum Gasteiger partial charge on any atom is 0.407 e. The van der Waals surface area contributed by atoms with E-state index in [0.29, 0.717) is 24.2 Å². The van der Waals surface area contributed by atoms with Crippen molar-refractivity contribution in [2.45, 2.75) is 56.0 Å². The molecule has 2 amide bonds. The highest BCUT2D eigenvalue weighted by molar-refractivity contribution is 7.89. The van der Waals surface area contributed by atoms with Gasteiger partial charge in [0, 0.05) is 29.9 Å². The number of nitrogens with one attached hydrogen (secondary N) is 2. The van der Waals surface area contributed by atoms with Crippen molar-refractivity contribution in [3.05, 3.63) is 126 Å². The summed E-state index contributed by atoms with van der Waals surface area (Å²) in [5.74, 6) is -0.763. The fourth-order valence-electron chi connectivity index (χ4n) is 5.76. The normalized spacial score (nSPS) is 12.9. The molecule has 4 aromatic rings. The number of alkyl carbamates (subject to hydrolysis) is 1. The number of hydrogen-bond donors (Lipinski definition) is 4. The predicted molar refractivity (Wildman–Crippen MR) is 193 cm³/mol. The van der Waals surface area contributed by atoms with Crippen LogP contribution in [-0.2, 0) is 26.0 Å². The van der Waals surface area contributed by atoms with Crippen LogP contribution in [0.2, 0.25) is 0 Å². The molecule has 0 bridgehead atoms. The third kappa shape index (κ3) is 9.91. The van der Waals surface area contributed by atoms with Crippen molar-refractivity contribution in [3.63, 3.8) is 0 Å². The summed E-state index contributed by atoms with van der Waals surface area (Å²) < 4.78 is 34.0. The number of hydrogen-bond acceptors (Lipinski definition) is 7. The van der Waals surface area contributed by atoms with E-state index in [9.17, 15) is 23.1 Å². The van der Waals surface area contributed by atoms with E-state index in [4.69, 9.17) is 10.5 Å². The number of ether oxygens (including phenoxy) is 1. The average molecular weight is 687 g/mol. The molecular weight excluding hydrogens is 641 g/mol. The van der Waals surface area contributed by atoms with Gasteiger partial charge in [0.05, 0.1) is 18.6 Å². The summed E-state index contributed by atoms with van der Waals surface area (Å²) in [6.07, 6.45) is 0.499. The Morgan fingerprint density at radius 1 is 0.837 bits per heavy atom. The molecule has 0 fully saturated rings. The minimum atomic E-state index is -3.95. The molecule has 260 valence electrons. The van der Waals surface area contributed by atoms with Crippen molar-refractivity contribution in [2.75, 3.05) is 31.3 Å². The van der Waals surface area contributed by atoms with Gasteiger partial charge in [-0.25, -0.2) is 13.2 Å². The first-order valence-electron chi connectivity index (χ1n) is 16.4. The number of nitrogen functional groups attached to an aromatic ring is 1.